The molecule has 1 aliphatic rings. The standard InChI is InChI=1S/C23H25NO5S/c1-3-12-29-23(28)19-18(15-10-8-14(2)9-11-15)13-30-21(19)24-20(25)16-6-4-5-7-17(16)22(26)27/h4-5,8-11,13,16-17H,3,6-7,12H2,1-2H3,(H,24,25)(H,26,27)/t16-,17+/m0/s1. The topological polar surface area (TPSA) is 92.7 Å². The number of aryl methyl sites for hydroxylation is 1. The van der Waals surface area contributed by atoms with Gasteiger partial charge in [0.15, 0.2) is 0 Å². The van der Waals surface area contributed by atoms with Gasteiger partial charge in [-0.1, -0.05) is 48.9 Å². The van der Waals surface area contributed by atoms with Gasteiger partial charge in [-0.3, -0.25) is 9.59 Å². The van der Waals surface area contributed by atoms with E-state index in [1.54, 1.807) is 6.08 Å². The molecule has 1 aromatic carbocycles. The van der Waals surface area contributed by atoms with Gasteiger partial charge in [-0.2, -0.15) is 0 Å². The van der Waals surface area contributed by atoms with Crippen LogP contribution in [-0.2, 0) is 14.3 Å². The molecule has 0 saturated heterocycles. The highest BCUT2D eigenvalue weighted by molar-refractivity contribution is 7.15. The van der Waals surface area contributed by atoms with Crippen LogP contribution in [0.15, 0.2) is 41.8 Å². The maximum absolute atomic E-state index is 12.9. The second kappa shape index (κ2) is 9.71. The SMILES string of the molecule is CCCOC(=O)c1c(-c2ccc(C)cc2)csc1NC(=O)[C@H]1CC=CC[C@H]1C(=O)O. The Hall–Kier alpha value is -2.93. The van der Waals surface area contributed by atoms with Gasteiger partial charge in [-0.25, -0.2) is 4.79 Å². The zero-order chi connectivity index (χ0) is 21.7. The van der Waals surface area contributed by atoms with Crippen molar-refractivity contribution in [2.75, 3.05) is 11.9 Å². The van der Waals surface area contributed by atoms with Crippen LogP contribution in [0, 0.1) is 18.8 Å². The first-order valence-corrected chi connectivity index (χ1v) is 10.8. The lowest BCUT2D eigenvalue weighted by atomic mass is 9.82. The van der Waals surface area contributed by atoms with Crippen LogP contribution < -0.4 is 5.32 Å². The third-order valence-corrected chi connectivity index (χ3v) is 6.01. The number of nitrogens with one attached hydrogen (secondary N) is 1. The molecule has 2 atom stereocenters. The van der Waals surface area contributed by atoms with Crippen molar-refractivity contribution in [2.45, 2.75) is 33.1 Å². The molecule has 158 valence electrons. The fourth-order valence-electron chi connectivity index (χ4n) is 3.45. The maximum Gasteiger partial charge on any atom is 0.341 e. The van der Waals surface area contributed by atoms with Gasteiger partial charge in [0.25, 0.3) is 0 Å². The number of carboxylic acids is 1. The van der Waals surface area contributed by atoms with Crippen LogP contribution >= 0.6 is 11.3 Å². The summed E-state index contributed by atoms with van der Waals surface area (Å²) < 4.78 is 5.36. The molecule has 7 heteroatoms. The van der Waals surface area contributed by atoms with Crippen molar-refractivity contribution < 1.29 is 24.2 Å². The molecule has 0 unspecified atom stereocenters. The molecule has 3 rings (SSSR count). The second-order valence-electron chi connectivity index (χ2n) is 7.34. The summed E-state index contributed by atoms with van der Waals surface area (Å²) >= 11 is 1.24. The molecule has 1 heterocycles. The summed E-state index contributed by atoms with van der Waals surface area (Å²) in [6.45, 7) is 4.17. The van der Waals surface area contributed by atoms with Crippen molar-refractivity contribution in [3.63, 3.8) is 0 Å². The smallest absolute Gasteiger partial charge is 0.341 e. The Balaban J connectivity index is 1.92. The molecular formula is C23H25NO5S. The molecule has 0 radical (unpaired) electrons. The number of anilines is 1. The third-order valence-electron chi connectivity index (χ3n) is 5.12. The number of amides is 1. The van der Waals surface area contributed by atoms with E-state index >= 15 is 0 Å². The van der Waals surface area contributed by atoms with E-state index in [2.05, 4.69) is 5.32 Å². The summed E-state index contributed by atoms with van der Waals surface area (Å²) in [4.78, 5) is 37.3. The lowest BCUT2D eigenvalue weighted by Gasteiger charge is -2.24. The summed E-state index contributed by atoms with van der Waals surface area (Å²) in [5, 5.41) is 14.5. The van der Waals surface area contributed by atoms with E-state index in [9.17, 15) is 19.5 Å². The van der Waals surface area contributed by atoms with Crippen LogP contribution in [-0.4, -0.2) is 29.6 Å². The third kappa shape index (κ3) is 4.79. The van der Waals surface area contributed by atoms with Crippen molar-refractivity contribution in [1.29, 1.82) is 0 Å². The van der Waals surface area contributed by atoms with Gasteiger partial charge in [-0.15, -0.1) is 11.3 Å². The minimum atomic E-state index is -0.992. The molecule has 30 heavy (non-hydrogen) atoms. The van der Waals surface area contributed by atoms with Crippen molar-refractivity contribution in [3.05, 3.63) is 52.9 Å². The van der Waals surface area contributed by atoms with Gasteiger partial charge in [0.05, 0.1) is 18.4 Å². The van der Waals surface area contributed by atoms with E-state index in [1.807, 2.05) is 49.6 Å². The average molecular weight is 428 g/mol. The molecule has 1 aromatic heterocycles. The predicted molar refractivity (Wildman–Crippen MR) is 117 cm³/mol. The van der Waals surface area contributed by atoms with Gasteiger partial charge < -0.3 is 15.2 Å². The average Bonchev–Trinajstić information content (AvgIpc) is 3.16. The van der Waals surface area contributed by atoms with Gasteiger partial charge in [-0.05, 0) is 31.7 Å². The number of allylic oxidation sites excluding steroid dienone is 2. The number of thiophene rings is 1. The molecule has 0 aliphatic heterocycles. The van der Waals surface area contributed by atoms with E-state index in [4.69, 9.17) is 4.74 Å². The Morgan fingerprint density at radius 1 is 1.13 bits per heavy atom. The van der Waals surface area contributed by atoms with Crippen molar-refractivity contribution in [1.82, 2.24) is 0 Å². The number of carboxylic acid groups (broad SMARTS) is 1. The molecule has 0 spiro atoms. The van der Waals surface area contributed by atoms with Gasteiger partial charge in [0, 0.05) is 10.9 Å². The largest absolute Gasteiger partial charge is 0.481 e. The van der Waals surface area contributed by atoms with Crippen LogP contribution in [0.4, 0.5) is 5.00 Å². The highest BCUT2D eigenvalue weighted by atomic mass is 32.1. The van der Waals surface area contributed by atoms with E-state index in [0.717, 1.165) is 11.1 Å². The number of esters is 1. The molecule has 2 N–H and O–H groups in total. The number of rotatable bonds is 7. The first-order chi connectivity index (χ1) is 14.4. The van der Waals surface area contributed by atoms with Crippen LogP contribution in [0.5, 0.6) is 0 Å². The van der Waals surface area contributed by atoms with Crippen molar-refractivity contribution >= 4 is 34.2 Å². The van der Waals surface area contributed by atoms with Crippen LogP contribution in [0.1, 0.15) is 42.1 Å². The summed E-state index contributed by atoms with van der Waals surface area (Å²) in [5.41, 5.74) is 2.95. The Bertz CT molecular complexity index is 960. The number of hydrogen-bond donors (Lipinski definition) is 2. The van der Waals surface area contributed by atoms with E-state index in [0.29, 0.717) is 35.4 Å². The number of aliphatic carboxylic acids is 1. The molecule has 1 aliphatic carbocycles. The first-order valence-electron chi connectivity index (χ1n) is 9.96. The Morgan fingerprint density at radius 2 is 1.80 bits per heavy atom. The van der Waals surface area contributed by atoms with Crippen LogP contribution in [0.2, 0.25) is 0 Å². The summed E-state index contributed by atoms with van der Waals surface area (Å²) in [6.07, 6.45) is 4.97. The minimum Gasteiger partial charge on any atom is -0.481 e. The van der Waals surface area contributed by atoms with Crippen LogP contribution in [0.3, 0.4) is 0 Å². The summed E-state index contributed by atoms with van der Waals surface area (Å²) in [5.74, 6) is -3.34. The van der Waals surface area contributed by atoms with Gasteiger partial charge >= 0.3 is 11.9 Å². The van der Waals surface area contributed by atoms with E-state index in [-0.39, 0.29) is 6.61 Å². The Kier molecular flexibility index (Phi) is 7.05. The number of hydrogen-bond acceptors (Lipinski definition) is 5. The number of benzene rings is 1. The molecule has 0 saturated carbocycles. The predicted octanol–water partition coefficient (Wildman–Crippen LogP) is 4.90. The molecule has 0 fully saturated rings. The normalized spacial score (nSPS) is 18.1. The molecule has 1 amide bonds. The molecule has 0 bridgehead atoms. The highest BCUT2D eigenvalue weighted by Crippen LogP contribution is 2.37. The Labute approximate surface area is 179 Å². The van der Waals surface area contributed by atoms with Crippen molar-refractivity contribution in [3.8, 4) is 11.1 Å². The maximum atomic E-state index is 12.9. The number of carbonyl (C=O) groups is 3. The van der Waals surface area contributed by atoms with E-state index in [1.165, 1.54) is 11.3 Å². The summed E-state index contributed by atoms with van der Waals surface area (Å²) in [7, 11) is 0. The fraction of sp³-hybridized carbons (Fsp3) is 0.348. The quantitative estimate of drug-likeness (QED) is 0.484. The van der Waals surface area contributed by atoms with Gasteiger partial charge in [0.1, 0.15) is 10.6 Å². The second-order valence-corrected chi connectivity index (χ2v) is 8.22. The summed E-state index contributed by atoms with van der Waals surface area (Å²) in [6, 6.07) is 7.76. The lowest BCUT2D eigenvalue weighted by molar-refractivity contribution is -0.146. The lowest BCUT2D eigenvalue weighted by Crippen LogP contribution is -2.34. The highest BCUT2D eigenvalue weighted by Gasteiger charge is 2.35. The number of carbonyl (C=O) groups excluding carboxylic acids is 2. The number of ether oxygens (including phenoxy) is 1. The monoisotopic (exact) mass is 427 g/mol. The Morgan fingerprint density at radius 3 is 2.43 bits per heavy atom. The van der Waals surface area contributed by atoms with Crippen LogP contribution in [0.25, 0.3) is 11.1 Å². The zero-order valence-electron chi connectivity index (χ0n) is 17.0. The minimum absolute atomic E-state index is 0.282. The zero-order valence-corrected chi connectivity index (χ0v) is 17.8. The molecule has 6 nitrogen and oxygen atoms in total. The van der Waals surface area contributed by atoms with Crippen molar-refractivity contribution in [2.24, 2.45) is 11.8 Å². The fourth-order valence-corrected chi connectivity index (χ4v) is 4.41. The molecule has 2 aromatic rings. The first kappa shape index (κ1) is 21.8. The van der Waals surface area contributed by atoms with Gasteiger partial charge in [0.2, 0.25) is 5.91 Å². The van der Waals surface area contributed by atoms with E-state index < -0.39 is 29.7 Å². The molecular weight excluding hydrogens is 402 g/mol.